The Hall–Kier alpha value is -3.64. The van der Waals surface area contributed by atoms with E-state index in [1.807, 2.05) is 13.8 Å². The molecule has 2 rings (SSSR count). The summed E-state index contributed by atoms with van der Waals surface area (Å²) < 4.78 is 10.5. The van der Waals surface area contributed by atoms with E-state index in [1.165, 1.54) is 4.90 Å². The molecule has 0 heterocycles. The third-order valence-corrected chi connectivity index (χ3v) is 6.13. The van der Waals surface area contributed by atoms with Crippen LogP contribution in [0.25, 0.3) is 0 Å². The zero-order chi connectivity index (χ0) is 28.5. The topological polar surface area (TPSA) is 97.0 Å². The summed E-state index contributed by atoms with van der Waals surface area (Å²) in [4.78, 5) is 41.7. The molecule has 0 spiro atoms. The minimum Gasteiger partial charge on any atom is -0.497 e. The summed E-state index contributed by atoms with van der Waals surface area (Å²) in [5, 5.41) is 5.51. The van der Waals surface area contributed by atoms with Crippen molar-refractivity contribution in [1.29, 1.82) is 0 Å². The fourth-order valence-electron chi connectivity index (χ4n) is 3.70. The average Bonchev–Trinajstić information content (AvgIpc) is 2.89. The van der Waals surface area contributed by atoms with Gasteiger partial charge in [-0.1, -0.05) is 25.0 Å². The lowest BCUT2D eigenvalue weighted by Gasteiger charge is -2.38. The summed E-state index contributed by atoms with van der Waals surface area (Å²) in [5.74, 6) is 2.33. The second-order valence-electron chi connectivity index (χ2n) is 9.77. The largest absolute Gasteiger partial charge is 0.497 e. The number of thiol groups is 1. The number of rotatable bonds is 10. The van der Waals surface area contributed by atoms with Gasteiger partial charge in [-0.2, -0.15) is 12.6 Å². The van der Waals surface area contributed by atoms with Gasteiger partial charge in [-0.05, 0) is 76.1 Å². The molecule has 0 bridgehead atoms. The van der Waals surface area contributed by atoms with E-state index in [4.69, 9.17) is 15.9 Å². The zero-order valence-corrected chi connectivity index (χ0v) is 23.7. The molecule has 38 heavy (non-hydrogen) atoms. The molecule has 2 aromatic rings. The maximum absolute atomic E-state index is 13.9. The number of alkyl carbamates (subject to hydrolysis) is 1. The smallest absolute Gasteiger partial charge is 0.408 e. The maximum Gasteiger partial charge on any atom is 0.408 e. The molecule has 8 nitrogen and oxygen atoms in total. The molecular weight excluding hydrogens is 502 g/mol. The third kappa shape index (κ3) is 8.45. The van der Waals surface area contributed by atoms with Crippen LogP contribution in [-0.2, 0) is 14.3 Å². The molecule has 0 aromatic heterocycles. The minimum absolute atomic E-state index is 0.00780. The predicted molar refractivity (Wildman–Crippen MR) is 152 cm³/mol. The summed E-state index contributed by atoms with van der Waals surface area (Å²) >= 11 is 4.31. The highest BCUT2D eigenvalue weighted by molar-refractivity contribution is 7.80. The molecule has 9 heteroatoms. The summed E-state index contributed by atoms with van der Waals surface area (Å²) in [6.07, 6.45) is 5.34. The second-order valence-corrected chi connectivity index (χ2v) is 10.1. The van der Waals surface area contributed by atoms with Crippen LogP contribution in [0.15, 0.2) is 48.5 Å². The van der Waals surface area contributed by atoms with Gasteiger partial charge < -0.3 is 25.0 Å². The van der Waals surface area contributed by atoms with Gasteiger partial charge in [-0.25, -0.2) is 4.79 Å². The van der Waals surface area contributed by atoms with Gasteiger partial charge in [0.15, 0.2) is 0 Å². The van der Waals surface area contributed by atoms with Crippen molar-refractivity contribution in [2.45, 2.75) is 64.8 Å². The van der Waals surface area contributed by atoms with Crippen LogP contribution in [0.1, 0.15) is 58.2 Å². The van der Waals surface area contributed by atoms with E-state index in [0.717, 1.165) is 0 Å². The van der Waals surface area contributed by atoms with Gasteiger partial charge in [0.25, 0.3) is 5.91 Å². The SMILES string of the molecule is C#Cc1ccc(C(C(=O)Nc2ccc(OC)cc2)N(C(=O)C(CS)NC(=O)OC(C)(C)C)C(C)CC)cc1. The molecule has 0 fully saturated rings. The Morgan fingerprint density at radius 3 is 2.16 bits per heavy atom. The number of ether oxygens (including phenoxy) is 2. The molecule has 3 atom stereocenters. The van der Waals surface area contributed by atoms with Crippen molar-refractivity contribution in [3.8, 4) is 18.1 Å². The first kappa shape index (κ1) is 30.6. The molecular formula is C29H37N3O5S. The standard InChI is InChI=1S/C29H37N3O5S/c1-8-19(3)32(27(34)24(18-38)31-28(35)37-29(4,5)6)25(21-12-10-20(9-2)11-13-21)26(33)30-22-14-16-23(36-7)17-15-22/h2,10-17,19,24-25,38H,8,18H2,1,3-7H3,(H,30,33)(H,31,35). The van der Waals surface area contributed by atoms with Crippen LogP contribution in [0.5, 0.6) is 5.75 Å². The van der Waals surface area contributed by atoms with Crippen molar-refractivity contribution in [1.82, 2.24) is 10.2 Å². The van der Waals surface area contributed by atoms with E-state index in [2.05, 4.69) is 29.2 Å². The van der Waals surface area contributed by atoms with Gasteiger partial charge in [0.1, 0.15) is 23.4 Å². The number of hydrogen-bond acceptors (Lipinski definition) is 6. The Bertz CT molecular complexity index is 1140. The first-order chi connectivity index (χ1) is 17.9. The van der Waals surface area contributed by atoms with Crippen LogP contribution in [0, 0.1) is 12.3 Å². The van der Waals surface area contributed by atoms with Crippen LogP contribution in [-0.4, -0.2) is 53.4 Å². The van der Waals surface area contributed by atoms with Gasteiger partial charge in [-0.3, -0.25) is 9.59 Å². The number of benzene rings is 2. The molecule has 0 aliphatic heterocycles. The van der Waals surface area contributed by atoms with E-state index < -0.39 is 35.6 Å². The minimum atomic E-state index is -1.02. The zero-order valence-electron chi connectivity index (χ0n) is 22.8. The monoisotopic (exact) mass is 539 g/mol. The van der Waals surface area contributed by atoms with Crippen LogP contribution in [0.4, 0.5) is 10.5 Å². The normalized spacial score (nSPS) is 13.3. The summed E-state index contributed by atoms with van der Waals surface area (Å²) in [6.45, 7) is 8.96. The van der Waals surface area contributed by atoms with E-state index >= 15 is 0 Å². The lowest BCUT2D eigenvalue weighted by Crippen LogP contribution is -2.55. The Morgan fingerprint density at radius 2 is 1.68 bits per heavy atom. The Kier molecular flexibility index (Phi) is 11.1. The Balaban J connectivity index is 2.50. The number of nitrogens with zero attached hydrogens (tertiary/aromatic N) is 1. The molecule has 2 aromatic carbocycles. The fraction of sp³-hybridized carbons (Fsp3) is 0.414. The average molecular weight is 540 g/mol. The maximum atomic E-state index is 13.9. The third-order valence-electron chi connectivity index (χ3n) is 5.77. The first-order valence-corrected chi connectivity index (χ1v) is 13.0. The second kappa shape index (κ2) is 13.8. The molecule has 0 radical (unpaired) electrons. The molecule has 0 aliphatic carbocycles. The Morgan fingerprint density at radius 1 is 1.08 bits per heavy atom. The van der Waals surface area contributed by atoms with Gasteiger partial charge in [0, 0.05) is 23.0 Å². The molecule has 3 amide bonds. The van der Waals surface area contributed by atoms with Crippen molar-refractivity contribution in [3.63, 3.8) is 0 Å². The number of anilines is 1. The highest BCUT2D eigenvalue weighted by atomic mass is 32.1. The van der Waals surface area contributed by atoms with E-state index in [-0.39, 0.29) is 11.8 Å². The summed E-state index contributed by atoms with van der Waals surface area (Å²) in [7, 11) is 1.56. The number of nitrogens with one attached hydrogen (secondary N) is 2. The molecule has 0 saturated carbocycles. The van der Waals surface area contributed by atoms with Crippen molar-refractivity contribution >= 4 is 36.2 Å². The van der Waals surface area contributed by atoms with Crippen LogP contribution in [0.3, 0.4) is 0 Å². The van der Waals surface area contributed by atoms with Gasteiger partial charge in [0.2, 0.25) is 5.91 Å². The van der Waals surface area contributed by atoms with Crippen molar-refractivity contribution in [2.24, 2.45) is 0 Å². The van der Waals surface area contributed by atoms with Gasteiger partial charge in [0.05, 0.1) is 7.11 Å². The number of methoxy groups -OCH3 is 1. The number of carbonyl (C=O) groups excluding carboxylic acids is 3. The molecule has 3 unspecified atom stereocenters. The molecule has 0 saturated heterocycles. The van der Waals surface area contributed by atoms with Crippen molar-refractivity contribution < 1.29 is 23.9 Å². The quantitative estimate of drug-likeness (QED) is 0.298. The highest BCUT2D eigenvalue weighted by Crippen LogP contribution is 2.28. The lowest BCUT2D eigenvalue weighted by atomic mass is 9.99. The van der Waals surface area contributed by atoms with Crippen LogP contribution >= 0.6 is 12.6 Å². The lowest BCUT2D eigenvalue weighted by molar-refractivity contribution is -0.142. The molecule has 2 N–H and O–H groups in total. The van der Waals surface area contributed by atoms with Gasteiger partial charge in [-0.15, -0.1) is 6.42 Å². The van der Waals surface area contributed by atoms with E-state index in [0.29, 0.717) is 29.0 Å². The van der Waals surface area contributed by atoms with Crippen LogP contribution in [0.2, 0.25) is 0 Å². The van der Waals surface area contributed by atoms with Gasteiger partial charge >= 0.3 is 6.09 Å². The predicted octanol–water partition coefficient (Wildman–Crippen LogP) is 4.81. The molecule has 0 aliphatic rings. The fourth-order valence-corrected chi connectivity index (χ4v) is 3.94. The number of terminal acetylenes is 1. The molecule has 204 valence electrons. The van der Waals surface area contributed by atoms with E-state index in [1.54, 1.807) is 76.4 Å². The first-order valence-electron chi connectivity index (χ1n) is 12.4. The number of carbonyl (C=O) groups is 3. The van der Waals surface area contributed by atoms with Crippen molar-refractivity contribution in [3.05, 3.63) is 59.7 Å². The highest BCUT2D eigenvalue weighted by Gasteiger charge is 2.38. The number of hydrogen-bond donors (Lipinski definition) is 3. The Labute approximate surface area is 230 Å². The summed E-state index contributed by atoms with van der Waals surface area (Å²) in [5.41, 5.74) is 1.00. The van der Waals surface area contributed by atoms with E-state index in [9.17, 15) is 14.4 Å². The van der Waals surface area contributed by atoms with Crippen molar-refractivity contribution in [2.75, 3.05) is 18.2 Å². The number of amides is 3. The van der Waals surface area contributed by atoms with Crippen LogP contribution < -0.4 is 15.4 Å². The summed E-state index contributed by atoms with van der Waals surface area (Å²) in [6, 6.07) is 11.4.